The van der Waals surface area contributed by atoms with Gasteiger partial charge < -0.3 is 14.8 Å². The number of nitrogens with zero attached hydrogens (tertiary/aromatic N) is 4. The quantitative estimate of drug-likeness (QED) is 0.925. The van der Waals surface area contributed by atoms with Crippen molar-refractivity contribution in [1.82, 2.24) is 25.0 Å². The maximum absolute atomic E-state index is 12.6. The van der Waals surface area contributed by atoms with Crippen LogP contribution in [0.15, 0.2) is 18.5 Å². The summed E-state index contributed by atoms with van der Waals surface area (Å²) in [7, 11) is 1.88. The van der Waals surface area contributed by atoms with Gasteiger partial charge >= 0.3 is 6.03 Å². The van der Waals surface area contributed by atoms with Gasteiger partial charge in [-0.1, -0.05) is 17.7 Å². The summed E-state index contributed by atoms with van der Waals surface area (Å²) in [6.07, 6.45) is 2.55. The van der Waals surface area contributed by atoms with Crippen molar-refractivity contribution in [3.8, 4) is 0 Å². The van der Waals surface area contributed by atoms with Crippen LogP contribution in [0.4, 0.5) is 4.79 Å². The Balaban J connectivity index is 1.71. The van der Waals surface area contributed by atoms with Crippen molar-refractivity contribution in [1.29, 1.82) is 0 Å². The minimum Gasteiger partial charge on any atom is -0.328 e. The fraction of sp³-hybridized carbons (Fsp3) is 0.471. The van der Waals surface area contributed by atoms with E-state index in [1.165, 1.54) is 22.3 Å². The van der Waals surface area contributed by atoms with Gasteiger partial charge in [-0.05, 0) is 43.9 Å². The Kier molecular flexibility index (Phi) is 4.07. The summed E-state index contributed by atoms with van der Waals surface area (Å²) in [6.45, 7) is 7.58. The van der Waals surface area contributed by atoms with Crippen LogP contribution >= 0.6 is 0 Å². The lowest BCUT2D eigenvalue weighted by atomic mass is 9.93. The number of rotatable bonds is 2. The molecule has 3 rings (SSSR count). The van der Waals surface area contributed by atoms with Crippen LogP contribution in [0.3, 0.4) is 0 Å². The Hall–Kier alpha value is -2.37. The second kappa shape index (κ2) is 6.02. The van der Waals surface area contributed by atoms with Crippen molar-refractivity contribution in [2.45, 2.75) is 39.8 Å². The number of nitrogens with one attached hydrogen (secondary N) is 1. The molecule has 0 radical (unpaired) electrons. The van der Waals surface area contributed by atoms with Gasteiger partial charge in [0, 0.05) is 20.1 Å². The molecule has 0 aliphatic carbocycles. The standard InChI is InChI=1S/C17H23N5O/c1-11-7-12(2)15-5-6-22(9-14(15)8-11)17(23)19-13(3)16-20-18-10-21(16)4/h7-8,10,13H,5-6,9H2,1-4H3,(H,19,23). The molecule has 1 N–H and O–H groups in total. The smallest absolute Gasteiger partial charge is 0.318 e. The first kappa shape index (κ1) is 15.5. The van der Waals surface area contributed by atoms with Gasteiger partial charge in [0.2, 0.25) is 0 Å². The predicted molar refractivity (Wildman–Crippen MR) is 88.0 cm³/mol. The molecule has 2 heterocycles. The van der Waals surface area contributed by atoms with E-state index in [2.05, 4.69) is 41.5 Å². The van der Waals surface area contributed by atoms with E-state index in [-0.39, 0.29) is 12.1 Å². The molecule has 0 bridgehead atoms. The van der Waals surface area contributed by atoms with Crippen LogP contribution in [-0.4, -0.2) is 32.2 Å². The van der Waals surface area contributed by atoms with Crippen molar-refractivity contribution in [3.05, 3.63) is 46.5 Å². The van der Waals surface area contributed by atoms with E-state index in [1.54, 1.807) is 6.33 Å². The van der Waals surface area contributed by atoms with Gasteiger partial charge in [-0.15, -0.1) is 10.2 Å². The molecule has 6 heteroatoms. The number of carbonyl (C=O) groups excluding carboxylic acids is 1. The average molecular weight is 313 g/mol. The van der Waals surface area contributed by atoms with Gasteiger partial charge in [-0.2, -0.15) is 0 Å². The van der Waals surface area contributed by atoms with E-state index in [0.29, 0.717) is 6.54 Å². The Morgan fingerprint density at radius 1 is 1.35 bits per heavy atom. The van der Waals surface area contributed by atoms with Crippen molar-refractivity contribution in [3.63, 3.8) is 0 Å². The van der Waals surface area contributed by atoms with Crippen LogP contribution in [-0.2, 0) is 20.0 Å². The second-order valence-electron chi connectivity index (χ2n) is 6.36. The molecule has 6 nitrogen and oxygen atoms in total. The van der Waals surface area contributed by atoms with Crippen LogP contribution in [0.1, 0.15) is 41.0 Å². The maximum Gasteiger partial charge on any atom is 0.318 e. The zero-order chi connectivity index (χ0) is 16.6. The first-order chi connectivity index (χ1) is 11.0. The number of benzene rings is 1. The highest BCUT2D eigenvalue weighted by atomic mass is 16.2. The SMILES string of the molecule is Cc1cc(C)c2c(c1)CN(C(=O)NC(C)c1nncn1C)CC2. The molecule has 1 unspecified atom stereocenters. The number of fused-ring (bicyclic) bond motifs is 1. The van der Waals surface area contributed by atoms with Crippen LogP contribution in [0.25, 0.3) is 0 Å². The van der Waals surface area contributed by atoms with Gasteiger partial charge in [-0.3, -0.25) is 0 Å². The van der Waals surface area contributed by atoms with Crippen LogP contribution < -0.4 is 5.32 Å². The number of aromatic nitrogens is 3. The zero-order valence-corrected chi connectivity index (χ0v) is 14.1. The summed E-state index contributed by atoms with van der Waals surface area (Å²) < 4.78 is 1.82. The van der Waals surface area contributed by atoms with Crippen LogP contribution in [0.2, 0.25) is 0 Å². The van der Waals surface area contributed by atoms with E-state index >= 15 is 0 Å². The van der Waals surface area contributed by atoms with E-state index in [9.17, 15) is 4.79 Å². The van der Waals surface area contributed by atoms with E-state index in [1.807, 2.05) is 23.4 Å². The fourth-order valence-electron chi connectivity index (χ4n) is 3.31. The Morgan fingerprint density at radius 2 is 2.13 bits per heavy atom. The first-order valence-corrected chi connectivity index (χ1v) is 7.94. The maximum atomic E-state index is 12.6. The highest BCUT2D eigenvalue weighted by Crippen LogP contribution is 2.24. The predicted octanol–water partition coefficient (Wildman–Crippen LogP) is 2.26. The molecule has 0 saturated carbocycles. The first-order valence-electron chi connectivity index (χ1n) is 7.94. The molecule has 1 aromatic carbocycles. The third kappa shape index (κ3) is 3.06. The number of urea groups is 1. The summed E-state index contributed by atoms with van der Waals surface area (Å²) in [4.78, 5) is 14.4. The zero-order valence-electron chi connectivity index (χ0n) is 14.1. The van der Waals surface area contributed by atoms with Gasteiger partial charge in [-0.25, -0.2) is 4.79 Å². The number of carbonyl (C=O) groups is 1. The monoisotopic (exact) mass is 313 g/mol. The number of hydrogen-bond acceptors (Lipinski definition) is 3. The largest absolute Gasteiger partial charge is 0.328 e. The van der Waals surface area contributed by atoms with E-state index < -0.39 is 0 Å². The number of aryl methyl sites for hydroxylation is 3. The lowest BCUT2D eigenvalue weighted by molar-refractivity contribution is 0.188. The van der Waals surface area contributed by atoms with Crippen molar-refractivity contribution < 1.29 is 4.79 Å². The van der Waals surface area contributed by atoms with Gasteiger partial charge in [0.05, 0.1) is 6.04 Å². The molecule has 1 aromatic heterocycles. The van der Waals surface area contributed by atoms with Crippen LogP contribution in [0, 0.1) is 13.8 Å². The van der Waals surface area contributed by atoms with Crippen molar-refractivity contribution in [2.75, 3.05) is 6.54 Å². The molecular formula is C17H23N5O. The Bertz CT molecular complexity index is 737. The molecule has 0 fully saturated rings. The van der Waals surface area contributed by atoms with E-state index in [0.717, 1.165) is 18.8 Å². The van der Waals surface area contributed by atoms with Crippen molar-refractivity contribution >= 4 is 6.03 Å². The highest BCUT2D eigenvalue weighted by Gasteiger charge is 2.24. The van der Waals surface area contributed by atoms with E-state index in [4.69, 9.17) is 0 Å². The minimum atomic E-state index is -0.171. The summed E-state index contributed by atoms with van der Waals surface area (Å²) in [5.74, 6) is 0.752. The van der Waals surface area contributed by atoms with Crippen molar-refractivity contribution in [2.24, 2.45) is 7.05 Å². The Labute approximate surface area is 136 Å². The molecular weight excluding hydrogens is 290 g/mol. The molecule has 2 amide bonds. The number of hydrogen-bond donors (Lipinski definition) is 1. The lowest BCUT2D eigenvalue weighted by Crippen LogP contribution is -2.44. The molecule has 1 aliphatic rings. The summed E-state index contributed by atoms with van der Waals surface area (Å²) in [5.41, 5.74) is 5.22. The molecule has 23 heavy (non-hydrogen) atoms. The minimum absolute atomic E-state index is 0.0506. The molecule has 0 spiro atoms. The molecule has 1 aliphatic heterocycles. The Morgan fingerprint density at radius 3 is 2.83 bits per heavy atom. The summed E-state index contributed by atoms with van der Waals surface area (Å²) in [6, 6.07) is 4.18. The third-order valence-corrected chi connectivity index (χ3v) is 4.46. The summed E-state index contributed by atoms with van der Waals surface area (Å²) >= 11 is 0. The molecule has 1 atom stereocenters. The van der Waals surface area contributed by atoms with Gasteiger partial charge in [0.1, 0.15) is 6.33 Å². The molecule has 0 saturated heterocycles. The average Bonchev–Trinajstić information content (AvgIpc) is 2.92. The van der Waals surface area contributed by atoms with Gasteiger partial charge in [0.15, 0.2) is 5.82 Å². The molecule has 2 aromatic rings. The van der Waals surface area contributed by atoms with Gasteiger partial charge in [0.25, 0.3) is 0 Å². The third-order valence-electron chi connectivity index (χ3n) is 4.46. The fourth-order valence-corrected chi connectivity index (χ4v) is 3.31. The summed E-state index contributed by atoms with van der Waals surface area (Å²) in [5, 5.41) is 10.9. The number of amides is 2. The normalized spacial score (nSPS) is 15.2. The second-order valence-corrected chi connectivity index (χ2v) is 6.36. The topological polar surface area (TPSA) is 63.1 Å². The lowest BCUT2D eigenvalue weighted by Gasteiger charge is -2.31. The highest BCUT2D eigenvalue weighted by molar-refractivity contribution is 5.75. The molecule has 122 valence electrons. The van der Waals surface area contributed by atoms with Crippen LogP contribution in [0.5, 0.6) is 0 Å².